The molecule has 11 heteroatoms. The number of carbonyl (C=O) groups is 1. The van der Waals surface area contributed by atoms with Crippen LogP contribution < -0.4 is 33.8 Å². The van der Waals surface area contributed by atoms with Crippen molar-refractivity contribution in [1.82, 2.24) is 4.57 Å². The summed E-state index contributed by atoms with van der Waals surface area (Å²) in [7, 11) is 4.64. The number of hydrogen-bond acceptors (Lipinski definition) is 9. The van der Waals surface area contributed by atoms with Gasteiger partial charge in [0.15, 0.2) is 16.3 Å². The second-order valence-corrected chi connectivity index (χ2v) is 10.2. The number of thiazole rings is 1. The van der Waals surface area contributed by atoms with E-state index in [1.807, 2.05) is 6.92 Å². The first-order chi connectivity index (χ1) is 18.8. The molecule has 0 bridgehead atoms. The Balaban J connectivity index is 1.99. The quantitative estimate of drug-likeness (QED) is 0.335. The van der Waals surface area contributed by atoms with Gasteiger partial charge in [-0.3, -0.25) is 9.36 Å². The van der Waals surface area contributed by atoms with Crippen molar-refractivity contribution >= 4 is 39.3 Å². The number of fused-ring (bicyclic) bond motifs is 1. The summed E-state index contributed by atoms with van der Waals surface area (Å²) in [5, 5.41) is 0. The normalized spacial score (nSPS) is 14.9. The van der Waals surface area contributed by atoms with Crippen molar-refractivity contribution in [3.8, 4) is 23.0 Å². The number of halogens is 1. The van der Waals surface area contributed by atoms with Crippen molar-refractivity contribution in [1.29, 1.82) is 0 Å². The van der Waals surface area contributed by atoms with Crippen LogP contribution in [-0.4, -0.2) is 45.1 Å². The molecule has 2 heterocycles. The van der Waals surface area contributed by atoms with Crippen molar-refractivity contribution in [3.05, 3.63) is 76.9 Å². The summed E-state index contributed by atoms with van der Waals surface area (Å²) in [4.78, 5) is 32.3. The number of methoxy groups -OCH3 is 3. The molecule has 0 radical (unpaired) electrons. The largest absolute Gasteiger partial charge is 0.497 e. The van der Waals surface area contributed by atoms with Crippen molar-refractivity contribution < 1.29 is 28.5 Å². The van der Waals surface area contributed by atoms with Gasteiger partial charge in [0.2, 0.25) is 0 Å². The van der Waals surface area contributed by atoms with Gasteiger partial charge in [-0.25, -0.2) is 9.79 Å². The first-order valence-corrected chi connectivity index (χ1v) is 13.8. The minimum absolute atomic E-state index is 0.176. The second-order valence-electron chi connectivity index (χ2n) is 8.37. The summed E-state index contributed by atoms with van der Waals surface area (Å²) in [5.41, 5.74) is 1.69. The lowest BCUT2D eigenvalue weighted by Crippen LogP contribution is -2.40. The van der Waals surface area contributed by atoms with E-state index in [4.69, 9.17) is 23.7 Å². The Morgan fingerprint density at radius 2 is 1.79 bits per heavy atom. The summed E-state index contributed by atoms with van der Waals surface area (Å²) < 4.78 is 30.3. The third-order valence-electron chi connectivity index (χ3n) is 6.12. The van der Waals surface area contributed by atoms with Gasteiger partial charge in [-0.1, -0.05) is 27.3 Å². The highest BCUT2D eigenvalue weighted by molar-refractivity contribution is 9.10. The zero-order valence-electron chi connectivity index (χ0n) is 22.5. The predicted octanol–water partition coefficient (Wildman–Crippen LogP) is 3.99. The van der Waals surface area contributed by atoms with Crippen LogP contribution in [0.3, 0.4) is 0 Å². The monoisotopic (exact) mass is 616 g/mol. The van der Waals surface area contributed by atoms with Gasteiger partial charge < -0.3 is 23.7 Å². The molecule has 9 nitrogen and oxygen atoms in total. The highest BCUT2D eigenvalue weighted by Gasteiger charge is 2.35. The Morgan fingerprint density at radius 1 is 1.05 bits per heavy atom. The number of ether oxygens (including phenoxy) is 5. The molecule has 0 amide bonds. The van der Waals surface area contributed by atoms with E-state index >= 15 is 0 Å². The molecule has 0 unspecified atom stereocenters. The number of rotatable bonds is 9. The molecular weight excluding hydrogens is 588 g/mol. The van der Waals surface area contributed by atoms with Crippen LogP contribution in [0.1, 0.15) is 37.9 Å². The molecule has 1 aliphatic heterocycles. The lowest BCUT2D eigenvalue weighted by molar-refractivity contribution is -0.139. The molecule has 3 aromatic rings. The van der Waals surface area contributed by atoms with Crippen LogP contribution in [0.25, 0.3) is 6.08 Å². The summed E-state index contributed by atoms with van der Waals surface area (Å²) in [5.74, 6) is 1.62. The van der Waals surface area contributed by atoms with Gasteiger partial charge >= 0.3 is 5.97 Å². The molecule has 0 saturated heterocycles. The summed E-state index contributed by atoms with van der Waals surface area (Å²) in [6.45, 7) is 6.01. The van der Waals surface area contributed by atoms with E-state index in [1.54, 1.807) is 64.5 Å². The third kappa shape index (κ3) is 5.46. The Kier molecular flexibility index (Phi) is 8.81. The number of aromatic nitrogens is 1. The van der Waals surface area contributed by atoms with Crippen LogP contribution in [-0.2, 0) is 9.53 Å². The topological polar surface area (TPSA) is 97.6 Å². The summed E-state index contributed by atoms with van der Waals surface area (Å²) in [6, 6.07) is 8.01. The second kappa shape index (κ2) is 12.1. The smallest absolute Gasteiger partial charge is 0.338 e. The standard InChI is InChI=1S/C28H29BrN2O7S/c1-7-37-22-14-19(29)16(11-21(22)36-6)12-23-26(32)31-25(18-13-17(34-4)9-10-20(18)35-5)24(27(33)38-8-2)15(3)30-28(31)39-23/h9-14,25H,7-8H2,1-6H3/b23-12+/t25-/m1/s1. The maximum absolute atomic E-state index is 14.0. The van der Waals surface area contributed by atoms with E-state index in [-0.39, 0.29) is 17.7 Å². The Bertz CT molecular complexity index is 1620. The molecule has 2 aromatic carbocycles. The van der Waals surface area contributed by atoms with Crippen molar-refractivity contribution in [3.63, 3.8) is 0 Å². The first kappa shape index (κ1) is 28.4. The van der Waals surface area contributed by atoms with E-state index in [9.17, 15) is 9.59 Å². The van der Waals surface area contributed by atoms with E-state index in [2.05, 4.69) is 20.9 Å². The average Bonchev–Trinajstić information content (AvgIpc) is 3.23. The minimum atomic E-state index is -0.842. The fourth-order valence-electron chi connectivity index (χ4n) is 4.37. The molecule has 1 aliphatic rings. The SMILES string of the molecule is CCOC(=O)C1=C(C)N=c2s/c(=C/c3cc(OC)c(OCC)cc3Br)c(=O)n2[C@@H]1c1cc(OC)ccc1OC. The molecule has 1 atom stereocenters. The maximum atomic E-state index is 14.0. The van der Waals surface area contributed by atoms with Crippen molar-refractivity contribution in [2.45, 2.75) is 26.8 Å². The molecule has 0 N–H and O–H groups in total. The first-order valence-electron chi connectivity index (χ1n) is 12.2. The molecule has 4 rings (SSSR count). The molecular formula is C28H29BrN2O7S. The number of nitrogens with zero attached hydrogens (tertiary/aromatic N) is 2. The molecule has 1 aromatic heterocycles. The van der Waals surface area contributed by atoms with Crippen LogP contribution in [0.2, 0.25) is 0 Å². The van der Waals surface area contributed by atoms with Gasteiger partial charge in [0, 0.05) is 10.0 Å². The van der Waals surface area contributed by atoms with Crippen LogP contribution in [0, 0.1) is 0 Å². The van der Waals surface area contributed by atoms with Gasteiger partial charge in [-0.05, 0) is 62.7 Å². The van der Waals surface area contributed by atoms with Gasteiger partial charge in [0.05, 0.1) is 50.3 Å². The van der Waals surface area contributed by atoms with Crippen LogP contribution in [0.5, 0.6) is 23.0 Å². The van der Waals surface area contributed by atoms with Gasteiger partial charge in [0.1, 0.15) is 17.5 Å². The van der Waals surface area contributed by atoms with Gasteiger partial charge in [-0.15, -0.1) is 0 Å². The lowest BCUT2D eigenvalue weighted by Gasteiger charge is -2.26. The highest BCUT2D eigenvalue weighted by atomic mass is 79.9. The average molecular weight is 618 g/mol. The summed E-state index contributed by atoms with van der Waals surface area (Å²) in [6.07, 6.45) is 1.76. The minimum Gasteiger partial charge on any atom is -0.497 e. The number of allylic oxidation sites excluding steroid dienone is 1. The Hall–Kier alpha value is -3.57. The Morgan fingerprint density at radius 3 is 2.44 bits per heavy atom. The predicted molar refractivity (Wildman–Crippen MR) is 152 cm³/mol. The van der Waals surface area contributed by atoms with E-state index in [1.165, 1.54) is 23.0 Å². The van der Waals surface area contributed by atoms with Crippen LogP contribution >= 0.6 is 27.3 Å². The number of esters is 1. The zero-order chi connectivity index (χ0) is 28.3. The fourth-order valence-corrected chi connectivity index (χ4v) is 5.84. The van der Waals surface area contributed by atoms with Gasteiger partial charge in [-0.2, -0.15) is 0 Å². The fraction of sp³-hybridized carbons (Fsp3) is 0.321. The highest BCUT2D eigenvalue weighted by Crippen LogP contribution is 2.38. The number of hydrogen-bond donors (Lipinski definition) is 0. The van der Waals surface area contributed by atoms with Crippen LogP contribution in [0.4, 0.5) is 0 Å². The number of benzene rings is 2. The van der Waals surface area contributed by atoms with E-state index in [0.717, 1.165) is 10.0 Å². The van der Waals surface area contributed by atoms with Crippen LogP contribution in [0.15, 0.2) is 55.9 Å². The molecule has 0 aliphatic carbocycles. The molecule has 39 heavy (non-hydrogen) atoms. The Labute approximate surface area is 238 Å². The molecule has 0 fully saturated rings. The number of carbonyl (C=O) groups excluding carboxylic acids is 1. The third-order valence-corrected chi connectivity index (χ3v) is 7.79. The van der Waals surface area contributed by atoms with Crippen molar-refractivity contribution in [2.24, 2.45) is 4.99 Å². The van der Waals surface area contributed by atoms with Gasteiger partial charge in [0.25, 0.3) is 5.56 Å². The zero-order valence-corrected chi connectivity index (χ0v) is 24.9. The van der Waals surface area contributed by atoms with Crippen molar-refractivity contribution in [2.75, 3.05) is 34.5 Å². The molecule has 0 saturated carbocycles. The lowest BCUT2D eigenvalue weighted by atomic mass is 9.94. The van der Waals surface area contributed by atoms with E-state index in [0.29, 0.717) is 50.2 Å². The maximum Gasteiger partial charge on any atom is 0.338 e. The molecule has 206 valence electrons. The molecule has 0 spiro atoms. The summed E-state index contributed by atoms with van der Waals surface area (Å²) >= 11 is 4.80. The van der Waals surface area contributed by atoms with E-state index < -0.39 is 12.0 Å².